The average molecular weight is 370 g/mol. The lowest BCUT2D eigenvalue weighted by Gasteiger charge is -2.36. The van der Waals surface area contributed by atoms with E-state index in [0.717, 1.165) is 0 Å². The van der Waals surface area contributed by atoms with Crippen LogP contribution in [0, 0.1) is 0 Å². The van der Waals surface area contributed by atoms with Gasteiger partial charge in [0.15, 0.2) is 0 Å². The van der Waals surface area contributed by atoms with E-state index in [2.05, 4.69) is 5.32 Å². The van der Waals surface area contributed by atoms with Crippen molar-refractivity contribution in [2.75, 3.05) is 26.2 Å². The van der Waals surface area contributed by atoms with Gasteiger partial charge in [-0.1, -0.05) is 29.3 Å². The molecule has 0 bridgehead atoms. The number of hydrogen-bond acceptors (Lipinski definition) is 3. The molecule has 2 aliphatic rings. The maximum absolute atomic E-state index is 12.6. The highest BCUT2D eigenvalue weighted by Gasteiger charge is 2.33. The minimum Gasteiger partial charge on any atom is -0.344 e. The Kier molecular flexibility index (Phi) is 4.96. The third kappa shape index (κ3) is 3.35. The van der Waals surface area contributed by atoms with E-state index in [0.29, 0.717) is 49.6 Å². The van der Waals surface area contributed by atoms with Gasteiger partial charge in [0.25, 0.3) is 5.91 Å². The number of rotatable bonds is 2. The summed E-state index contributed by atoms with van der Waals surface area (Å²) in [5.74, 6) is -0.352. The number of amides is 3. The summed E-state index contributed by atoms with van der Waals surface area (Å²) in [4.78, 5) is 39.5. The number of piperazine rings is 1. The zero-order valence-corrected chi connectivity index (χ0v) is 14.4. The molecule has 1 atom stereocenters. The van der Waals surface area contributed by atoms with Crippen LogP contribution in [-0.4, -0.2) is 59.7 Å². The number of nitrogens with one attached hydrogen (secondary N) is 1. The number of nitrogens with zero attached hydrogens (tertiary/aromatic N) is 2. The first-order valence-electron chi connectivity index (χ1n) is 7.79. The molecule has 2 fully saturated rings. The second kappa shape index (κ2) is 6.99. The second-order valence-corrected chi connectivity index (χ2v) is 6.66. The van der Waals surface area contributed by atoms with Gasteiger partial charge in [0.2, 0.25) is 11.8 Å². The Morgan fingerprint density at radius 1 is 1.08 bits per heavy atom. The number of halogens is 2. The minimum atomic E-state index is -0.429. The van der Waals surface area contributed by atoms with Crippen molar-refractivity contribution in [2.24, 2.45) is 0 Å². The molecule has 0 aliphatic carbocycles. The van der Waals surface area contributed by atoms with Gasteiger partial charge in [-0.25, -0.2) is 0 Å². The van der Waals surface area contributed by atoms with Crippen LogP contribution in [0.4, 0.5) is 0 Å². The monoisotopic (exact) mass is 369 g/mol. The quantitative estimate of drug-likeness (QED) is 0.859. The lowest BCUT2D eigenvalue weighted by Crippen LogP contribution is -2.54. The molecule has 2 heterocycles. The molecule has 6 nitrogen and oxygen atoms in total. The van der Waals surface area contributed by atoms with Gasteiger partial charge in [0.05, 0.1) is 15.6 Å². The fourth-order valence-corrected chi connectivity index (χ4v) is 3.37. The number of hydrogen-bond donors (Lipinski definition) is 1. The summed E-state index contributed by atoms with van der Waals surface area (Å²) in [7, 11) is 0. The summed E-state index contributed by atoms with van der Waals surface area (Å²) in [6, 6.07) is 4.53. The lowest BCUT2D eigenvalue weighted by atomic mass is 10.1. The molecule has 2 saturated heterocycles. The molecule has 0 saturated carbocycles. The van der Waals surface area contributed by atoms with Gasteiger partial charge < -0.3 is 15.1 Å². The van der Waals surface area contributed by atoms with E-state index in [-0.39, 0.29) is 22.7 Å². The highest BCUT2D eigenvalue weighted by atomic mass is 35.5. The van der Waals surface area contributed by atoms with E-state index >= 15 is 0 Å². The summed E-state index contributed by atoms with van der Waals surface area (Å²) in [6.45, 7) is 1.73. The van der Waals surface area contributed by atoms with Crippen molar-refractivity contribution in [1.82, 2.24) is 15.1 Å². The smallest absolute Gasteiger partial charge is 0.255 e. The maximum atomic E-state index is 12.6. The van der Waals surface area contributed by atoms with Crippen molar-refractivity contribution in [3.05, 3.63) is 33.8 Å². The molecule has 0 unspecified atom stereocenters. The molecule has 2 aliphatic heterocycles. The van der Waals surface area contributed by atoms with Gasteiger partial charge in [-0.2, -0.15) is 0 Å². The van der Waals surface area contributed by atoms with Crippen molar-refractivity contribution in [3.8, 4) is 0 Å². The average Bonchev–Trinajstić information content (AvgIpc) is 3.03. The van der Waals surface area contributed by atoms with Gasteiger partial charge in [-0.05, 0) is 18.6 Å². The van der Waals surface area contributed by atoms with Crippen LogP contribution in [0.15, 0.2) is 18.2 Å². The first-order valence-corrected chi connectivity index (χ1v) is 8.54. The van der Waals surface area contributed by atoms with Gasteiger partial charge in [-0.15, -0.1) is 0 Å². The third-order valence-corrected chi connectivity index (χ3v) is 5.17. The van der Waals surface area contributed by atoms with Crippen LogP contribution < -0.4 is 5.32 Å². The van der Waals surface area contributed by atoms with E-state index in [1.165, 1.54) is 0 Å². The van der Waals surface area contributed by atoms with Crippen molar-refractivity contribution in [2.45, 2.75) is 18.9 Å². The number of carbonyl (C=O) groups excluding carboxylic acids is 3. The Balaban J connectivity index is 1.60. The summed E-state index contributed by atoms with van der Waals surface area (Å²) in [5.41, 5.74) is 0.368. The lowest BCUT2D eigenvalue weighted by molar-refractivity contribution is -0.135. The molecule has 128 valence electrons. The topological polar surface area (TPSA) is 69.7 Å². The van der Waals surface area contributed by atoms with E-state index in [1.807, 2.05) is 0 Å². The second-order valence-electron chi connectivity index (χ2n) is 5.88. The van der Waals surface area contributed by atoms with Crippen LogP contribution in [0.2, 0.25) is 10.0 Å². The largest absolute Gasteiger partial charge is 0.344 e. The number of benzene rings is 1. The van der Waals surface area contributed by atoms with Crippen molar-refractivity contribution >= 4 is 40.9 Å². The van der Waals surface area contributed by atoms with Gasteiger partial charge in [0, 0.05) is 32.6 Å². The van der Waals surface area contributed by atoms with Crippen molar-refractivity contribution < 1.29 is 14.4 Å². The Hall–Kier alpha value is -1.79. The first kappa shape index (κ1) is 17.0. The fourth-order valence-electron chi connectivity index (χ4n) is 2.99. The Bertz CT molecular complexity index is 687. The fraction of sp³-hybridized carbons (Fsp3) is 0.438. The molecular formula is C16H17Cl2N3O3. The molecular weight excluding hydrogens is 353 g/mol. The molecule has 0 radical (unpaired) electrons. The van der Waals surface area contributed by atoms with E-state index in [9.17, 15) is 14.4 Å². The predicted molar refractivity (Wildman–Crippen MR) is 90.1 cm³/mol. The van der Waals surface area contributed by atoms with Crippen LogP contribution in [-0.2, 0) is 9.59 Å². The predicted octanol–water partition coefficient (Wildman–Crippen LogP) is 1.56. The number of carbonyl (C=O) groups is 3. The third-order valence-electron chi connectivity index (χ3n) is 4.35. The van der Waals surface area contributed by atoms with Crippen LogP contribution >= 0.6 is 23.2 Å². The minimum absolute atomic E-state index is 0.0752. The molecule has 3 rings (SSSR count). The molecule has 1 aromatic carbocycles. The van der Waals surface area contributed by atoms with Gasteiger partial charge >= 0.3 is 0 Å². The molecule has 24 heavy (non-hydrogen) atoms. The summed E-state index contributed by atoms with van der Waals surface area (Å²) < 4.78 is 0. The van der Waals surface area contributed by atoms with E-state index in [4.69, 9.17) is 23.2 Å². The van der Waals surface area contributed by atoms with E-state index in [1.54, 1.807) is 28.0 Å². The summed E-state index contributed by atoms with van der Waals surface area (Å²) in [5, 5.41) is 3.27. The molecule has 8 heteroatoms. The van der Waals surface area contributed by atoms with Crippen LogP contribution in [0.25, 0.3) is 0 Å². The zero-order valence-electron chi connectivity index (χ0n) is 12.9. The Labute approximate surface area is 149 Å². The molecule has 0 spiro atoms. The standard InChI is InChI=1S/C16H17Cl2N3O3/c17-11-3-1-2-10(14(11)18)15(23)20-6-8-21(9-7-20)16(24)12-4-5-13(22)19-12/h1-3,12H,4-9H2,(H,19,22)/t12-/m0/s1. The zero-order chi connectivity index (χ0) is 17.3. The molecule has 0 aromatic heterocycles. The van der Waals surface area contributed by atoms with Crippen LogP contribution in [0.1, 0.15) is 23.2 Å². The summed E-state index contributed by atoms with van der Waals surface area (Å²) >= 11 is 12.1. The van der Waals surface area contributed by atoms with Crippen LogP contribution in [0.5, 0.6) is 0 Å². The van der Waals surface area contributed by atoms with Crippen molar-refractivity contribution in [3.63, 3.8) is 0 Å². The van der Waals surface area contributed by atoms with Gasteiger partial charge in [-0.3, -0.25) is 14.4 Å². The Morgan fingerprint density at radius 3 is 2.38 bits per heavy atom. The first-order chi connectivity index (χ1) is 11.5. The van der Waals surface area contributed by atoms with Gasteiger partial charge in [0.1, 0.15) is 6.04 Å². The van der Waals surface area contributed by atoms with Crippen molar-refractivity contribution in [1.29, 1.82) is 0 Å². The SMILES string of the molecule is O=C1CC[C@@H](C(=O)N2CCN(C(=O)c3cccc(Cl)c3Cl)CC2)N1. The molecule has 1 aromatic rings. The normalized spacial score (nSPS) is 20.9. The highest BCUT2D eigenvalue weighted by molar-refractivity contribution is 6.43. The van der Waals surface area contributed by atoms with Crippen LogP contribution in [0.3, 0.4) is 0 Å². The maximum Gasteiger partial charge on any atom is 0.255 e. The molecule has 1 N–H and O–H groups in total. The molecule has 3 amide bonds. The van der Waals surface area contributed by atoms with E-state index < -0.39 is 6.04 Å². The highest BCUT2D eigenvalue weighted by Crippen LogP contribution is 2.27. The Morgan fingerprint density at radius 2 is 1.75 bits per heavy atom. The summed E-state index contributed by atoms with van der Waals surface area (Å²) in [6.07, 6.45) is 0.928.